The van der Waals surface area contributed by atoms with Crippen molar-refractivity contribution in [3.63, 3.8) is 0 Å². The number of hydrogen-bond acceptors (Lipinski definition) is 3. The van der Waals surface area contributed by atoms with E-state index >= 15 is 0 Å². The van der Waals surface area contributed by atoms with E-state index < -0.39 is 0 Å². The minimum atomic E-state index is 0.522. The lowest BCUT2D eigenvalue weighted by atomic mass is 9.83. The zero-order valence-corrected chi connectivity index (χ0v) is 12.6. The molecule has 2 nitrogen and oxygen atoms in total. The fraction of sp³-hybridized carbons (Fsp3) is 0.562. The van der Waals surface area contributed by atoms with Crippen molar-refractivity contribution in [2.24, 2.45) is 5.41 Å². The van der Waals surface area contributed by atoms with Crippen molar-refractivity contribution < 1.29 is 0 Å². The molecule has 102 valence electrons. The Hall–Kier alpha value is -1.09. The lowest BCUT2D eigenvalue weighted by Crippen LogP contribution is -2.25. The third-order valence-corrected chi connectivity index (χ3v) is 5.55. The fourth-order valence-electron chi connectivity index (χ4n) is 3.15. The summed E-state index contributed by atoms with van der Waals surface area (Å²) in [5.74, 6) is 0. The average Bonchev–Trinajstić information content (AvgIpc) is 3.02. The topological polar surface area (TPSA) is 24.9 Å². The van der Waals surface area contributed by atoms with Crippen LogP contribution in [0, 0.1) is 12.3 Å². The summed E-state index contributed by atoms with van der Waals surface area (Å²) in [5, 5.41) is 4.68. The Balaban J connectivity index is 1.74. The number of thiazole rings is 1. The lowest BCUT2D eigenvalue weighted by molar-refractivity contribution is 0.307. The van der Waals surface area contributed by atoms with Gasteiger partial charge in [0.15, 0.2) is 5.13 Å². The largest absolute Gasteiger partial charge is 0.361 e. The number of aromatic nitrogens is 1. The van der Waals surface area contributed by atoms with Crippen LogP contribution in [0.4, 0.5) is 5.13 Å². The second-order valence-corrected chi connectivity index (χ2v) is 6.94. The highest BCUT2D eigenvalue weighted by molar-refractivity contribution is 7.22. The van der Waals surface area contributed by atoms with E-state index in [9.17, 15) is 0 Å². The van der Waals surface area contributed by atoms with Crippen LogP contribution in [0.3, 0.4) is 0 Å². The molecule has 0 spiro atoms. The molecule has 1 N–H and O–H groups in total. The van der Waals surface area contributed by atoms with Crippen molar-refractivity contribution in [2.75, 3.05) is 11.9 Å². The number of aryl methyl sites for hydroxylation is 1. The van der Waals surface area contributed by atoms with Gasteiger partial charge in [0.2, 0.25) is 0 Å². The van der Waals surface area contributed by atoms with E-state index in [1.54, 1.807) is 11.3 Å². The van der Waals surface area contributed by atoms with E-state index in [4.69, 9.17) is 0 Å². The summed E-state index contributed by atoms with van der Waals surface area (Å²) in [4.78, 5) is 4.69. The van der Waals surface area contributed by atoms with E-state index in [-0.39, 0.29) is 0 Å². The Morgan fingerprint density at radius 2 is 2.11 bits per heavy atom. The van der Waals surface area contributed by atoms with Gasteiger partial charge in [-0.15, -0.1) is 0 Å². The van der Waals surface area contributed by atoms with Gasteiger partial charge >= 0.3 is 0 Å². The normalized spacial score (nSPS) is 18.0. The molecule has 2 aromatic rings. The molecule has 0 amide bonds. The number of rotatable bonds is 4. The molecule has 1 saturated carbocycles. The molecule has 1 fully saturated rings. The molecule has 1 heterocycles. The van der Waals surface area contributed by atoms with Crippen LogP contribution in [0.25, 0.3) is 10.2 Å². The van der Waals surface area contributed by atoms with E-state index in [1.807, 2.05) is 0 Å². The van der Waals surface area contributed by atoms with Gasteiger partial charge in [-0.05, 0) is 49.3 Å². The Labute approximate surface area is 119 Å². The molecule has 1 aromatic heterocycles. The quantitative estimate of drug-likeness (QED) is 0.850. The first-order valence-corrected chi connectivity index (χ1v) is 8.13. The molecule has 1 aliphatic rings. The molecular formula is C16H22N2S. The maximum Gasteiger partial charge on any atom is 0.183 e. The van der Waals surface area contributed by atoms with Gasteiger partial charge in [-0.3, -0.25) is 0 Å². The molecule has 0 unspecified atom stereocenters. The number of hydrogen-bond donors (Lipinski definition) is 1. The van der Waals surface area contributed by atoms with E-state index in [2.05, 4.69) is 42.3 Å². The second-order valence-electron chi connectivity index (χ2n) is 5.90. The van der Waals surface area contributed by atoms with Crippen LogP contribution in [0.2, 0.25) is 0 Å². The van der Waals surface area contributed by atoms with E-state index in [0.717, 1.165) is 17.2 Å². The summed E-state index contributed by atoms with van der Waals surface area (Å²) in [6.07, 6.45) is 6.83. The van der Waals surface area contributed by atoms with Crippen molar-refractivity contribution in [2.45, 2.75) is 46.0 Å². The molecule has 3 heteroatoms. The zero-order valence-electron chi connectivity index (χ0n) is 11.8. The standard InChI is InChI=1S/C16H22N2S/c1-3-16(8-4-5-9-16)11-17-15-18-13-7-6-12(2)10-14(13)19-15/h6-7,10H,3-5,8-9,11H2,1-2H3,(H,17,18). The van der Waals surface area contributed by atoms with Crippen molar-refractivity contribution >= 4 is 26.7 Å². The first-order valence-electron chi connectivity index (χ1n) is 7.32. The molecule has 0 bridgehead atoms. The van der Waals surface area contributed by atoms with Gasteiger partial charge in [-0.2, -0.15) is 0 Å². The summed E-state index contributed by atoms with van der Waals surface area (Å²) in [7, 11) is 0. The molecule has 0 atom stereocenters. The Kier molecular flexibility index (Phi) is 3.48. The summed E-state index contributed by atoms with van der Waals surface area (Å²) >= 11 is 1.78. The molecule has 3 rings (SSSR count). The highest BCUT2D eigenvalue weighted by Crippen LogP contribution is 2.41. The predicted octanol–water partition coefficient (Wildman–Crippen LogP) is 4.99. The minimum Gasteiger partial charge on any atom is -0.361 e. The van der Waals surface area contributed by atoms with Gasteiger partial charge in [-0.25, -0.2) is 4.98 Å². The minimum absolute atomic E-state index is 0.522. The van der Waals surface area contributed by atoms with Gasteiger partial charge in [0, 0.05) is 6.54 Å². The molecule has 0 saturated heterocycles. The lowest BCUT2D eigenvalue weighted by Gasteiger charge is -2.27. The average molecular weight is 274 g/mol. The number of nitrogens with one attached hydrogen (secondary N) is 1. The summed E-state index contributed by atoms with van der Waals surface area (Å²) < 4.78 is 1.29. The van der Waals surface area contributed by atoms with Crippen LogP contribution in [0.15, 0.2) is 18.2 Å². The fourth-order valence-corrected chi connectivity index (χ4v) is 4.11. The zero-order chi connectivity index (χ0) is 13.3. The van der Waals surface area contributed by atoms with Crippen LogP contribution in [-0.2, 0) is 0 Å². The highest BCUT2D eigenvalue weighted by atomic mass is 32.1. The maximum absolute atomic E-state index is 4.69. The van der Waals surface area contributed by atoms with Crippen molar-refractivity contribution in [3.05, 3.63) is 23.8 Å². The van der Waals surface area contributed by atoms with Crippen LogP contribution >= 0.6 is 11.3 Å². The van der Waals surface area contributed by atoms with Gasteiger partial charge in [0.05, 0.1) is 10.2 Å². The Bertz CT molecular complexity index is 567. The third kappa shape index (κ3) is 2.62. The van der Waals surface area contributed by atoms with Crippen LogP contribution < -0.4 is 5.32 Å². The third-order valence-electron chi connectivity index (χ3n) is 4.57. The molecular weight excluding hydrogens is 252 g/mol. The molecule has 1 aliphatic carbocycles. The van der Waals surface area contributed by atoms with Gasteiger partial charge in [0.25, 0.3) is 0 Å². The van der Waals surface area contributed by atoms with Crippen molar-refractivity contribution in [1.82, 2.24) is 4.98 Å². The number of fused-ring (bicyclic) bond motifs is 1. The molecule has 19 heavy (non-hydrogen) atoms. The Morgan fingerprint density at radius 1 is 1.32 bits per heavy atom. The predicted molar refractivity (Wildman–Crippen MR) is 84.0 cm³/mol. The highest BCUT2D eigenvalue weighted by Gasteiger charge is 2.31. The van der Waals surface area contributed by atoms with Crippen LogP contribution in [0.5, 0.6) is 0 Å². The van der Waals surface area contributed by atoms with Gasteiger partial charge in [-0.1, -0.05) is 37.2 Å². The van der Waals surface area contributed by atoms with Crippen LogP contribution in [0.1, 0.15) is 44.6 Å². The number of benzene rings is 1. The molecule has 0 aliphatic heterocycles. The molecule has 0 radical (unpaired) electrons. The van der Waals surface area contributed by atoms with Gasteiger partial charge < -0.3 is 5.32 Å². The number of anilines is 1. The summed E-state index contributed by atoms with van der Waals surface area (Å²) in [6, 6.07) is 6.48. The first kappa shape index (κ1) is 12.9. The SMILES string of the molecule is CCC1(CNc2nc3ccc(C)cc3s2)CCCC1. The smallest absolute Gasteiger partial charge is 0.183 e. The second kappa shape index (κ2) is 5.12. The van der Waals surface area contributed by atoms with E-state index in [1.165, 1.54) is 42.4 Å². The summed E-state index contributed by atoms with van der Waals surface area (Å²) in [6.45, 7) is 5.55. The van der Waals surface area contributed by atoms with Crippen molar-refractivity contribution in [3.8, 4) is 0 Å². The molecule has 1 aromatic carbocycles. The monoisotopic (exact) mass is 274 g/mol. The van der Waals surface area contributed by atoms with Crippen LogP contribution in [-0.4, -0.2) is 11.5 Å². The maximum atomic E-state index is 4.69. The van der Waals surface area contributed by atoms with E-state index in [0.29, 0.717) is 5.41 Å². The Morgan fingerprint density at radius 3 is 2.84 bits per heavy atom. The first-order chi connectivity index (χ1) is 9.21. The van der Waals surface area contributed by atoms with Gasteiger partial charge in [0.1, 0.15) is 0 Å². The number of nitrogens with zero attached hydrogens (tertiary/aromatic N) is 1. The van der Waals surface area contributed by atoms with Crippen molar-refractivity contribution in [1.29, 1.82) is 0 Å². The summed E-state index contributed by atoms with van der Waals surface area (Å²) in [5.41, 5.74) is 2.95.